The third-order valence-electron chi connectivity index (χ3n) is 8.22. The molecule has 280 valence electrons. The zero-order valence-electron chi connectivity index (χ0n) is 29.1. The fourth-order valence-corrected chi connectivity index (χ4v) is 7.30. The van der Waals surface area contributed by atoms with Gasteiger partial charge in [-0.05, 0) is 115 Å². The number of anilines is 2. The molecule has 0 aliphatic heterocycles. The molecule has 0 saturated heterocycles. The number of allylic oxidation sites excluding steroid dienone is 4. The summed E-state index contributed by atoms with van der Waals surface area (Å²) in [5.41, 5.74) is 20.1. The summed E-state index contributed by atoms with van der Waals surface area (Å²) in [6.45, 7) is 16.6. The van der Waals surface area contributed by atoms with E-state index in [0.717, 1.165) is 11.4 Å². The van der Waals surface area contributed by atoms with Gasteiger partial charge >= 0.3 is 101 Å². The van der Waals surface area contributed by atoms with Crippen LogP contribution in [0.15, 0.2) is 58.7 Å². The van der Waals surface area contributed by atoms with Crippen LogP contribution in [0.4, 0.5) is 11.4 Å². The maximum absolute atomic E-state index is 11.3. The number of carbonyl (C=O) groups is 3. The zero-order valence-corrected chi connectivity index (χ0v) is 44.4. The summed E-state index contributed by atoms with van der Waals surface area (Å²) in [4.78, 5) is 30.2. The molecule has 12 heteroatoms. The summed E-state index contributed by atoms with van der Waals surface area (Å²) in [6.07, 6.45) is 5.12. The van der Waals surface area contributed by atoms with Gasteiger partial charge in [-0.1, -0.05) is 54.0 Å². The van der Waals surface area contributed by atoms with Crippen LogP contribution < -0.4 is 37.6 Å². The molecule has 6 rings (SSSR count). The normalized spacial score (nSPS) is 19.0. The first-order chi connectivity index (χ1) is 22.1. The first kappa shape index (κ1) is 52.7. The zero-order chi connectivity index (χ0) is 36.0. The Morgan fingerprint density at radius 3 is 1.31 bits per heavy atom. The topological polar surface area (TPSA) is 89.3 Å². The number of Topliss-reactive ketones (excluding diaryl/α,β-unsaturated/α-hetero) is 2. The van der Waals surface area contributed by atoms with Crippen LogP contribution in [-0.4, -0.2) is 17.5 Å². The summed E-state index contributed by atoms with van der Waals surface area (Å²) in [5, 5.41) is 2.99. The molecule has 0 aromatic heterocycles. The van der Waals surface area contributed by atoms with Gasteiger partial charge in [-0.25, -0.2) is 0 Å². The van der Waals surface area contributed by atoms with Crippen molar-refractivity contribution in [1.29, 1.82) is 0 Å². The third-order valence-corrected chi connectivity index (χ3v) is 8.22. The van der Waals surface area contributed by atoms with Crippen molar-refractivity contribution in [2.75, 3.05) is 11.1 Å². The molecular weight excluding hydrogens is 1410 g/mol. The van der Waals surface area contributed by atoms with E-state index < -0.39 is 0 Å². The van der Waals surface area contributed by atoms with Crippen LogP contribution in [-0.2, 0) is 14.4 Å². The summed E-state index contributed by atoms with van der Waals surface area (Å²) in [5.74, 6) is 2.81. The van der Waals surface area contributed by atoms with Crippen LogP contribution in [0.3, 0.4) is 0 Å². The van der Waals surface area contributed by atoms with Gasteiger partial charge in [0.25, 0.3) is 0 Å². The number of ketones is 2. The standard InChI is InChI=1S/C16H19NO.C14H17N.2C3H6O.CH4.2I3.HI/c1-9(2)15-12-7-8-13(15)16-11(12)5-4-6-14(16)17-10(3)18;1-8(2)13-10-6-7-11(13)14-9(10)4-3-5-12(14)15;2*1-3(2)4;;2*1-3-2;/h4-6,12-13H,7-8H2,1-3H3,(H,17,18);3-5,10-11H,6-7,15H2,1-2H3;2*1-2H3;1H4;;;1H/q;;;;;2*-1;. The Morgan fingerprint density at radius 1 is 0.633 bits per heavy atom. The summed E-state index contributed by atoms with van der Waals surface area (Å²) < 4.78 is 0. The van der Waals surface area contributed by atoms with Crippen molar-refractivity contribution >= 4 is 127 Å². The second-order valence-electron chi connectivity index (χ2n) is 12.5. The van der Waals surface area contributed by atoms with E-state index >= 15 is 0 Å². The van der Waals surface area contributed by atoms with Crippen molar-refractivity contribution < 1.29 is 40.9 Å². The molecule has 2 aromatic carbocycles. The molecule has 2 fully saturated rings. The van der Waals surface area contributed by atoms with Crippen molar-refractivity contribution in [3.8, 4) is 0 Å². The van der Waals surface area contributed by atoms with Crippen molar-refractivity contribution in [2.24, 2.45) is 0 Å². The minimum atomic E-state index is 0. The molecule has 49 heavy (non-hydrogen) atoms. The molecular formula is C37H53I7N2O3-2. The number of nitrogens with one attached hydrogen (secondary N) is 1. The van der Waals surface area contributed by atoms with Gasteiger partial charge in [0.2, 0.25) is 5.91 Å². The number of hydrogen-bond donors (Lipinski definition) is 2. The predicted octanol–water partition coefficient (Wildman–Crippen LogP) is 7.53. The van der Waals surface area contributed by atoms with E-state index in [1.165, 1.54) is 86.8 Å². The summed E-state index contributed by atoms with van der Waals surface area (Å²) >= 11 is 10.6. The molecule has 4 bridgehead atoms. The number of carbonyl (C=O) groups excluding carboxylic acids is 3. The van der Waals surface area contributed by atoms with Crippen LogP contribution in [0.2, 0.25) is 0 Å². The van der Waals surface area contributed by atoms with Gasteiger partial charge in [0, 0.05) is 42.0 Å². The Hall–Kier alpha value is 1.64. The molecule has 5 nitrogen and oxygen atoms in total. The van der Waals surface area contributed by atoms with Gasteiger partial charge in [-0.3, -0.25) is 4.79 Å². The van der Waals surface area contributed by atoms with Gasteiger partial charge in [-0.2, -0.15) is 0 Å². The molecule has 4 aliphatic rings. The Kier molecular flexibility index (Phi) is 29.3. The van der Waals surface area contributed by atoms with Crippen LogP contribution in [0.5, 0.6) is 0 Å². The Balaban J connectivity index is 0. The third kappa shape index (κ3) is 16.1. The number of benzene rings is 2. The molecule has 3 N–H and O–H groups in total. The van der Waals surface area contributed by atoms with E-state index in [1.807, 2.05) is 12.1 Å². The number of rotatable bonds is 1. The Bertz CT molecular complexity index is 1430. The number of hydrogen-bond acceptors (Lipinski definition) is 4. The summed E-state index contributed by atoms with van der Waals surface area (Å²) in [6, 6.07) is 12.7. The van der Waals surface area contributed by atoms with Gasteiger partial charge < -0.3 is 20.6 Å². The quantitative estimate of drug-likeness (QED) is 0.176. The molecule has 4 aliphatic carbocycles. The minimum absolute atomic E-state index is 0. The molecule has 4 unspecified atom stereocenters. The van der Waals surface area contributed by atoms with Crippen LogP contribution in [0, 0.1) is 0 Å². The average Bonchev–Trinajstić information content (AvgIpc) is 3.72. The first-order valence-corrected chi connectivity index (χ1v) is 40.5. The summed E-state index contributed by atoms with van der Waals surface area (Å²) in [7, 11) is 0. The fraction of sp³-hybridized carbons (Fsp3) is 0.486. The van der Waals surface area contributed by atoms with Gasteiger partial charge in [0.05, 0.1) is 0 Å². The van der Waals surface area contributed by atoms with E-state index in [-0.39, 0.29) is 48.9 Å². The van der Waals surface area contributed by atoms with Gasteiger partial charge in [0.15, 0.2) is 0 Å². The van der Waals surface area contributed by atoms with Crippen LogP contribution in [0.1, 0.15) is 141 Å². The van der Waals surface area contributed by atoms with Crippen LogP contribution >= 0.6 is 98.4 Å². The van der Waals surface area contributed by atoms with E-state index in [0.29, 0.717) is 50.2 Å². The van der Waals surface area contributed by atoms with Crippen molar-refractivity contribution in [3.63, 3.8) is 0 Å². The van der Waals surface area contributed by atoms with Crippen LogP contribution in [0.25, 0.3) is 0 Å². The molecule has 2 saturated carbocycles. The van der Waals surface area contributed by atoms with E-state index in [1.54, 1.807) is 18.1 Å². The van der Waals surface area contributed by atoms with E-state index in [4.69, 9.17) is 5.73 Å². The molecule has 2 aromatic rings. The molecule has 0 radical (unpaired) electrons. The first-order valence-electron chi connectivity index (χ1n) is 15.4. The molecule has 0 heterocycles. The second-order valence-corrected chi connectivity index (χ2v) is 45.0. The number of halogens is 7. The predicted molar refractivity (Wildman–Crippen MR) is 249 cm³/mol. The van der Waals surface area contributed by atoms with Crippen molar-refractivity contribution in [1.82, 2.24) is 0 Å². The maximum atomic E-state index is 11.3. The SMILES string of the molecule is C.CC(=O)Nc1cccc2c1C1CCC2C1=C(C)C.CC(C)=C1C2CCC1c1c(N)cccc12.CC(C)=O.CC(C)=O.I.I[I-]I.I[I-]I. The second kappa shape index (κ2) is 27.3. The van der Waals surface area contributed by atoms with Gasteiger partial charge in [0.1, 0.15) is 11.6 Å². The number of nitrogens with two attached hydrogens (primary N) is 1. The molecule has 0 spiro atoms. The van der Waals surface area contributed by atoms with Crippen molar-refractivity contribution in [3.05, 3.63) is 80.9 Å². The molecule has 4 atom stereocenters. The fourth-order valence-electron chi connectivity index (χ4n) is 7.30. The molecule has 1 amide bonds. The van der Waals surface area contributed by atoms with E-state index in [2.05, 4.69) is 132 Å². The monoisotopic (exact) mass is 1460 g/mol. The number of amides is 1. The number of nitrogen functional groups attached to an aromatic ring is 1. The Labute approximate surface area is 373 Å². The van der Waals surface area contributed by atoms with Gasteiger partial charge in [-0.15, -0.1) is 24.0 Å². The number of fused-ring (bicyclic) bond motifs is 10. The average molecular weight is 1460 g/mol. The van der Waals surface area contributed by atoms with Crippen molar-refractivity contribution in [2.45, 2.75) is 119 Å². The van der Waals surface area contributed by atoms with E-state index in [9.17, 15) is 14.4 Å². The Morgan fingerprint density at radius 2 is 0.959 bits per heavy atom.